The van der Waals surface area contributed by atoms with E-state index in [1.165, 1.54) is 0 Å². The second kappa shape index (κ2) is 10.2. The van der Waals surface area contributed by atoms with E-state index in [4.69, 9.17) is 16.3 Å². The van der Waals surface area contributed by atoms with E-state index in [9.17, 15) is 13.2 Å². The van der Waals surface area contributed by atoms with Crippen molar-refractivity contribution in [1.29, 1.82) is 0 Å². The molecule has 0 aromatic heterocycles. The molecular formula is C22H29ClN2O4S. The lowest BCUT2D eigenvalue weighted by Gasteiger charge is -2.28. The first-order valence-electron chi connectivity index (χ1n) is 9.77. The van der Waals surface area contributed by atoms with Crippen LogP contribution < -0.4 is 14.4 Å². The van der Waals surface area contributed by atoms with Crippen molar-refractivity contribution in [3.8, 4) is 5.75 Å². The average molecular weight is 453 g/mol. The predicted molar refractivity (Wildman–Crippen MR) is 122 cm³/mol. The van der Waals surface area contributed by atoms with Gasteiger partial charge in [0.2, 0.25) is 15.9 Å². The SMILES string of the molecule is Cc1ccc(N([C@H](C)C(=O)NCCOc2ccccc2C(C)C)S(C)(=O)=O)cc1Cl. The molecule has 0 aliphatic carbocycles. The first kappa shape index (κ1) is 24.0. The number of hydrogen-bond acceptors (Lipinski definition) is 4. The summed E-state index contributed by atoms with van der Waals surface area (Å²) >= 11 is 6.15. The summed E-state index contributed by atoms with van der Waals surface area (Å²) in [6.07, 6.45) is 1.07. The quantitative estimate of drug-likeness (QED) is 0.580. The van der Waals surface area contributed by atoms with Crippen molar-refractivity contribution in [2.24, 2.45) is 0 Å². The molecule has 0 saturated heterocycles. The maximum absolute atomic E-state index is 12.6. The summed E-state index contributed by atoms with van der Waals surface area (Å²) in [6.45, 7) is 8.06. The van der Waals surface area contributed by atoms with Crippen LogP contribution in [-0.2, 0) is 14.8 Å². The molecule has 0 unspecified atom stereocenters. The Labute approximate surface area is 184 Å². The molecule has 0 aliphatic rings. The summed E-state index contributed by atoms with van der Waals surface area (Å²) in [6, 6.07) is 11.7. The van der Waals surface area contributed by atoms with Gasteiger partial charge in [-0.1, -0.05) is 49.7 Å². The number of rotatable bonds is 9. The van der Waals surface area contributed by atoms with E-state index in [-0.39, 0.29) is 13.2 Å². The van der Waals surface area contributed by atoms with Gasteiger partial charge < -0.3 is 10.1 Å². The number of nitrogens with zero attached hydrogens (tertiary/aromatic N) is 1. The number of para-hydroxylation sites is 1. The van der Waals surface area contributed by atoms with Crippen molar-refractivity contribution in [3.05, 3.63) is 58.6 Å². The molecule has 2 aromatic rings. The van der Waals surface area contributed by atoms with Crippen LogP contribution >= 0.6 is 11.6 Å². The highest BCUT2D eigenvalue weighted by Gasteiger charge is 2.29. The maximum atomic E-state index is 12.6. The summed E-state index contributed by atoms with van der Waals surface area (Å²) in [4.78, 5) is 12.6. The van der Waals surface area contributed by atoms with E-state index in [0.717, 1.165) is 27.4 Å². The van der Waals surface area contributed by atoms with Crippen LogP contribution in [0.4, 0.5) is 5.69 Å². The minimum absolute atomic E-state index is 0.252. The molecule has 6 nitrogen and oxygen atoms in total. The molecule has 2 aromatic carbocycles. The molecule has 8 heteroatoms. The molecule has 2 rings (SSSR count). The number of nitrogens with one attached hydrogen (secondary N) is 1. The van der Waals surface area contributed by atoms with Crippen LogP contribution in [-0.4, -0.2) is 39.8 Å². The molecule has 0 spiro atoms. The molecule has 1 N–H and O–H groups in total. The summed E-state index contributed by atoms with van der Waals surface area (Å²) in [5.41, 5.74) is 2.26. The Morgan fingerprint density at radius 3 is 2.43 bits per heavy atom. The number of aryl methyl sites for hydroxylation is 1. The van der Waals surface area contributed by atoms with Crippen molar-refractivity contribution in [1.82, 2.24) is 5.32 Å². The number of carbonyl (C=O) groups excluding carboxylic acids is 1. The Kier molecular flexibility index (Phi) is 8.15. The molecule has 0 bridgehead atoms. The lowest BCUT2D eigenvalue weighted by atomic mass is 10.0. The van der Waals surface area contributed by atoms with Crippen molar-refractivity contribution in [2.45, 2.75) is 39.7 Å². The minimum atomic E-state index is -3.70. The molecule has 30 heavy (non-hydrogen) atoms. The number of sulfonamides is 1. The van der Waals surface area contributed by atoms with Crippen LogP contribution in [0.3, 0.4) is 0 Å². The van der Waals surface area contributed by atoms with Gasteiger partial charge >= 0.3 is 0 Å². The summed E-state index contributed by atoms with van der Waals surface area (Å²) in [7, 11) is -3.70. The molecule has 0 radical (unpaired) electrons. The Hall–Kier alpha value is -2.25. The lowest BCUT2D eigenvalue weighted by molar-refractivity contribution is -0.121. The van der Waals surface area contributed by atoms with Crippen LogP contribution in [0.5, 0.6) is 5.75 Å². The number of benzene rings is 2. The van der Waals surface area contributed by atoms with Gasteiger partial charge in [-0.25, -0.2) is 8.42 Å². The Balaban J connectivity index is 2.03. The van der Waals surface area contributed by atoms with E-state index in [2.05, 4.69) is 19.2 Å². The van der Waals surface area contributed by atoms with Gasteiger partial charge in [-0.15, -0.1) is 0 Å². The third kappa shape index (κ3) is 6.12. The molecule has 164 valence electrons. The standard InChI is InChI=1S/C22H29ClN2O4S/c1-15(2)19-8-6-7-9-21(19)29-13-12-24-22(26)17(4)25(30(5,27)28)18-11-10-16(3)20(23)14-18/h6-11,14-15,17H,12-13H2,1-5H3,(H,24,26)/t17-/m1/s1. The third-order valence-corrected chi connectivity index (χ3v) is 6.35. The summed E-state index contributed by atoms with van der Waals surface area (Å²) in [5, 5.41) is 3.18. The van der Waals surface area contributed by atoms with Crippen LogP contribution in [0.15, 0.2) is 42.5 Å². The highest BCUT2D eigenvalue weighted by atomic mass is 35.5. The zero-order chi connectivity index (χ0) is 22.5. The number of hydrogen-bond donors (Lipinski definition) is 1. The third-order valence-electron chi connectivity index (χ3n) is 4.70. The minimum Gasteiger partial charge on any atom is -0.491 e. The molecule has 0 heterocycles. The van der Waals surface area contributed by atoms with Crippen LogP contribution in [0.2, 0.25) is 5.02 Å². The molecule has 0 saturated carbocycles. The first-order valence-corrected chi connectivity index (χ1v) is 12.0. The number of halogens is 1. The molecule has 1 atom stereocenters. The highest BCUT2D eigenvalue weighted by Crippen LogP contribution is 2.27. The van der Waals surface area contributed by atoms with Crippen molar-refractivity contribution in [3.63, 3.8) is 0 Å². The second-order valence-corrected chi connectivity index (χ2v) is 9.77. The normalized spacial score (nSPS) is 12.5. The van der Waals surface area contributed by atoms with E-state index < -0.39 is 22.0 Å². The monoisotopic (exact) mass is 452 g/mol. The maximum Gasteiger partial charge on any atom is 0.243 e. The van der Waals surface area contributed by atoms with Gasteiger partial charge in [0, 0.05) is 5.02 Å². The van der Waals surface area contributed by atoms with Gasteiger partial charge in [0.05, 0.1) is 18.5 Å². The largest absolute Gasteiger partial charge is 0.491 e. The van der Waals surface area contributed by atoms with Crippen LogP contribution in [0.25, 0.3) is 0 Å². The van der Waals surface area contributed by atoms with Gasteiger partial charge in [0.15, 0.2) is 0 Å². The fourth-order valence-electron chi connectivity index (χ4n) is 3.10. The van der Waals surface area contributed by atoms with E-state index in [1.54, 1.807) is 25.1 Å². The van der Waals surface area contributed by atoms with Gasteiger partial charge in [0.25, 0.3) is 0 Å². The highest BCUT2D eigenvalue weighted by molar-refractivity contribution is 7.92. The summed E-state index contributed by atoms with van der Waals surface area (Å²) in [5.74, 6) is 0.681. The Morgan fingerprint density at radius 2 is 1.83 bits per heavy atom. The predicted octanol–water partition coefficient (Wildman–Crippen LogP) is 4.12. The van der Waals surface area contributed by atoms with E-state index in [0.29, 0.717) is 16.6 Å². The average Bonchev–Trinajstić information content (AvgIpc) is 2.67. The summed E-state index contributed by atoms with van der Waals surface area (Å²) < 4.78 is 31.6. The Morgan fingerprint density at radius 1 is 1.17 bits per heavy atom. The van der Waals surface area contributed by atoms with E-state index in [1.807, 2.05) is 31.2 Å². The number of ether oxygens (including phenoxy) is 1. The fourth-order valence-corrected chi connectivity index (χ4v) is 4.44. The first-order chi connectivity index (χ1) is 14.0. The number of anilines is 1. The van der Waals surface area contributed by atoms with Crippen molar-refractivity contribution in [2.75, 3.05) is 23.7 Å². The second-order valence-electron chi connectivity index (χ2n) is 7.50. The zero-order valence-corrected chi connectivity index (χ0v) is 19.5. The number of carbonyl (C=O) groups is 1. The topological polar surface area (TPSA) is 75.7 Å². The number of amides is 1. The van der Waals surface area contributed by atoms with Crippen LogP contribution in [0, 0.1) is 6.92 Å². The molecule has 0 fully saturated rings. The lowest BCUT2D eigenvalue weighted by Crippen LogP contribution is -2.48. The van der Waals surface area contributed by atoms with Gasteiger partial charge in [-0.3, -0.25) is 9.10 Å². The van der Waals surface area contributed by atoms with Crippen molar-refractivity contribution < 1.29 is 17.9 Å². The van der Waals surface area contributed by atoms with Crippen molar-refractivity contribution >= 4 is 33.2 Å². The van der Waals surface area contributed by atoms with Gasteiger partial charge in [-0.05, 0) is 49.1 Å². The smallest absolute Gasteiger partial charge is 0.243 e. The van der Waals surface area contributed by atoms with E-state index >= 15 is 0 Å². The Bertz CT molecular complexity index is 992. The molecule has 0 aliphatic heterocycles. The molecular weight excluding hydrogens is 424 g/mol. The fraction of sp³-hybridized carbons (Fsp3) is 0.409. The molecule has 1 amide bonds. The van der Waals surface area contributed by atoms with Crippen LogP contribution in [0.1, 0.15) is 37.8 Å². The van der Waals surface area contributed by atoms with Gasteiger partial charge in [0.1, 0.15) is 18.4 Å². The van der Waals surface area contributed by atoms with Gasteiger partial charge in [-0.2, -0.15) is 0 Å². The zero-order valence-electron chi connectivity index (χ0n) is 18.0.